The van der Waals surface area contributed by atoms with Gasteiger partial charge in [-0.15, -0.1) is 0 Å². The van der Waals surface area contributed by atoms with Gasteiger partial charge in [0.25, 0.3) is 6.33 Å². The van der Waals surface area contributed by atoms with E-state index in [0.29, 0.717) is 22.6 Å². The maximum Gasteiger partial charge on any atom is 0.269 e. The van der Waals surface area contributed by atoms with E-state index in [-0.39, 0.29) is 28.5 Å². The van der Waals surface area contributed by atoms with E-state index in [9.17, 15) is 2.74 Å². The fourth-order valence-corrected chi connectivity index (χ4v) is 10.7. The molecule has 1 aliphatic heterocycles. The lowest BCUT2D eigenvalue weighted by Gasteiger charge is -2.21. The van der Waals surface area contributed by atoms with Gasteiger partial charge in [0.15, 0.2) is 0 Å². The van der Waals surface area contributed by atoms with Crippen molar-refractivity contribution in [1.29, 1.82) is 0 Å². The lowest BCUT2D eigenvalue weighted by molar-refractivity contribution is -0.570. The Morgan fingerprint density at radius 2 is 1.11 bits per heavy atom. The highest BCUT2D eigenvalue weighted by Gasteiger charge is 2.28. The fourth-order valence-electron chi connectivity index (χ4n) is 10.7. The minimum atomic E-state index is -0.444. The van der Waals surface area contributed by atoms with Crippen LogP contribution >= 0.6 is 0 Å². The molecule has 0 fully saturated rings. The summed E-state index contributed by atoms with van der Waals surface area (Å²) in [6, 6.07) is 61.1. The lowest BCUT2D eigenvalue weighted by atomic mass is 9.85. The Morgan fingerprint density at radius 3 is 1.85 bits per heavy atom. The first-order chi connectivity index (χ1) is 37.5. The molecule has 1 aliphatic rings. The van der Waals surface area contributed by atoms with Gasteiger partial charge in [-0.1, -0.05) is 193 Å². The van der Waals surface area contributed by atoms with Crippen LogP contribution in [0.5, 0.6) is 11.5 Å². The highest BCUT2D eigenvalue weighted by Crippen LogP contribution is 2.46. The molecule has 12 aromatic rings. The van der Waals surface area contributed by atoms with Crippen molar-refractivity contribution in [2.24, 2.45) is 0 Å². The zero-order chi connectivity index (χ0) is 53.9. The molecule has 0 amide bonds. The van der Waals surface area contributed by atoms with Gasteiger partial charge in [0.1, 0.15) is 17.3 Å². The minimum Gasteiger partial charge on any atom is -0.458 e. The molecule has 13 rings (SSSR count). The standard InChI is InChI=1S/C68H54N4O/c1-67(2,3)47-32-30-45(31-33-47)52-27-17-28-59-55-24-12-10-22-53(55)54-23-11-13-25-56(54)60-38-46(44-18-8-7-9-19-44)39-63-66(60)71(65(52)59)43-70(63)49-20-16-21-50(41-49)73-51-34-35-58-57-26-14-15-29-61(57)72(62(58)42-51)64-40-48(36-37-69-64)68(4,5)6/h7-42H,1-6H3/i7D,8D,9D,18D,19D. The van der Waals surface area contributed by atoms with Gasteiger partial charge in [0.2, 0.25) is 0 Å². The van der Waals surface area contributed by atoms with Gasteiger partial charge >= 0.3 is 0 Å². The second-order valence-corrected chi connectivity index (χ2v) is 21.1. The Morgan fingerprint density at radius 1 is 0.479 bits per heavy atom. The van der Waals surface area contributed by atoms with Crippen LogP contribution in [-0.2, 0) is 10.8 Å². The van der Waals surface area contributed by atoms with E-state index in [4.69, 9.17) is 13.8 Å². The smallest absolute Gasteiger partial charge is 0.269 e. The van der Waals surface area contributed by atoms with Crippen LogP contribution in [0, 0.1) is 6.33 Å². The SMILES string of the molecule is [2H]c1c([2H])c([2H])c(-c2cc3c4c(c2)n(-c2cccc(Oc5ccc6c7ccccc7n(-c7cc(C(C)(C)C)ccn7)c6c5)c2)[c-][n+]4-c2c(-c4ccc(C(C)(C)C)cc4)cccc2-c2ccccc2-c2ccccc2-3)c([2H])c1[2H]. The van der Waals surface area contributed by atoms with Crippen LogP contribution in [0.2, 0.25) is 0 Å². The fraction of sp³-hybridized carbons (Fsp3) is 0.118. The Hall–Kier alpha value is -8.80. The van der Waals surface area contributed by atoms with Gasteiger partial charge in [-0.05, 0) is 132 Å². The molecule has 0 N–H and O–H groups in total. The predicted octanol–water partition coefficient (Wildman–Crippen LogP) is 17.2. The third kappa shape index (κ3) is 7.54. The molecule has 0 saturated heterocycles. The molecule has 9 aromatic carbocycles. The van der Waals surface area contributed by atoms with E-state index in [2.05, 4.69) is 184 Å². The van der Waals surface area contributed by atoms with Crippen LogP contribution in [0.3, 0.4) is 0 Å². The first-order valence-corrected chi connectivity index (χ1v) is 24.9. The summed E-state index contributed by atoms with van der Waals surface area (Å²) < 4.78 is 58.0. The predicted molar refractivity (Wildman–Crippen MR) is 300 cm³/mol. The largest absolute Gasteiger partial charge is 0.458 e. The third-order valence-corrected chi connectivity index (χ3v) is 14.4. The molecule has 0 unspecified atom stereocenters. The highest BCUT2D eigenvalue weighted by atomic mass is 16.5. The Kier molecular flexibility index (Phi) is 9.02. The maximum absolute atomic E-state index is 9.27. The average Bonchev–Trinajstić information content (AvgIpc) is 4.22. The quantitative estimate of drug-likeness (QED) is 0.123. The van der Waals surface area contributed by atoms with Crippen molar-refractivity contribution in [2.75, 3.05) is 0 Å². The summed E-state index contributed by atoms with van der Waals surface area (Å²) in [7, 11) is 0. The molecule has 352 valence electrons. The summed E-state index contributed by atoms with van der Waals surface area (Å²) in [5.74, 6) is 2.06. The van der Waals surface area contributed by atoms with Gasteiger partial charge < -0.3 is 4.74 Å². The number of fused-ring (bicyclic) bond motifs is 10. The molecule has 5 nitrogen and oxygen atoms in total. The second kappa shape index (κ2) is 16.9. The topological polar surface area (TPSA) is 35.9 Å². The summed E-state index contributed by atoms with van der Waals surface area (Å²) in [6.07, 6.45) is 5.77. The third-order valence-electron chi connectivity index (χ3n) is 14.4. The monoisotopic (exact) mass is 947 g/mol. The molecule has 0 aliphatic carbocycles. The Bertz CT molecular complexity index is 4410. The Labute approximate surface area is 433 Å². The van der Waals surface area contributed by atoms with Crippen molar-refractivity contribution in [3.8, 4) is 84.3 Å². The number of pyridine rings is 1. The van der Waals surface area contributed by atoms with Gasteiger partial charge in [-0.25, -0.2) is 4.98 Å². The van der Waals surface area contributed by atoms with Crippen LogP contribution in [0.25, 0.3) is 106 Å². The molecular formula is C68H54N4O. The van der Waals surface area contributed by atoms with Gasteiger partial charge in [0.05, 0.1) is 40.3 Å². The molecule has 4 heterocycles. The molecular weight excluding hydrogens is 889 g/mol. The van der Waals surface area contributed by atoms with Crippen LogP contribution in [0.4, 0.5) is 0 Å². The minimum absolute atomic E-state index is 0.0450. The number of aromatic nitrogens is 4. The van der Waals surface area contributed by atoms with Crippen molar-refractivity contribution in [1.82, 2.24) is 14.1 Å². The van der Waals surface area contributed by atoms with Gasteiger partial charge in [-0.2, -0.15) is 0 Å². The zero-order valence-electron chi connectivity index (χ0n) is 46.6. The summed E-state index contributed by atoms with van der Waals surface area (Å²) >= 11 is 0. The molecule has 5 heteroatoms. The molecule has 73 heavy (non-hydrogen) atoms. The number of nitrogens with zero attached hydrogens (tertiary/aromatic N) is 4. The van der Waals surface area contributed by atoms with E-state index < -0.39 is 18.1 Å². The molecule has 0 saturated carbocycles. The summed E-state index contributed by atoms with van der Waals surface area (Å²) in [5.41, 5.74) is 15.9. The number of rotatable bonds is 6. The first-order valence-electron chi connectivity index (χ1n) is 27.4. The molecule has 0 bridgehead atoms. The maximum atomic E-state index is 9.27. The molecule has 3 aromatic heterocycles. The number of ether oxygens (including phenoxy) is 1. The summed E-state index contributed by atoms with van der Waals surface area (Å²) in [6.45, 7) is 13.3. The number of benzene rings is 9. The Balaban J connectivity index is 1.07. The van der Waals surface area contributed by atoms with Crippen molar-refractivity contribution in [2.45, 2.75) is 52.4 Å². The van der Waals surface area contributed by atoms with E-state index in [1.54, 1.807) is 0 Å². The van der Waals surface area contributed by atoms with Crippen molar-refractivity contribution < 1.29 is 16.2 Å². The van der Waals surface area contributed by atoms with E-state index >= 15 is 0 Å². The van der Waals surface area contributed by atoms with Crippen LogP contribution in [0.15, 0.2) is 218 Å². The lowest BCUT2D eigenvalue weighted by Crippen LogP contribution is -2.32. The molecule has 0 spiro atoms. The van der Waals surface area contributed by atoms with Crippen molar-refractivity contribution in [3.63, 3.8) is 0 Å². The number of hydrogen-bond acceptors (Lipinski definition) is 2. The van der Waals surface area contributed by atoms with E-state index in [1.165, 1.54) is 11.1 Å². The normalized spacial score (nSPS) is 13.2. The number of hydrogen-bond donors (Lipinski definition) is 0. The van der Waals surface area contributed by atoms with Crippen LogP contribution in [0.1, 0.15) is 59.5 Å². The second-order valence-electron chi connectivity index (χ2n) is 21.1. The number of para-hydroxylation sites is 2. The summed E-state index contributed by atoms with van der Waals surface area (Å²) in [4.78, 5) is 4.90. The van der Waals surface area contributed by atoms with Crippen molar-refractivity contribution in [3.05, 3.63) is 236 Å². The van der Waals surface area contributed by atoms with E-state index in [0.717, 1.165) is 89.0 Å². The molecule has 0 atom stereocenters. The zero-order valence-corrected chi connectivity index (χ0v) is 41.6. The van der Waals surface area contributed by atoms with Gasteiger partial charge in [0, 0.05) is 23.0 Å². The van der Waals surface area contributed by atoms with Gasteiger partial charge in [-0.3, -0.25) is 13.7 Å². The first kappa shape index (κ1) is 38.9. The molecule has 0 radical (unpaired) electrons. The van der Waals surface area contributed by atoms with E-state index in [1.807, 2.05) is 65.4 Å². The summed E-state index contributed by atoms with van der Waals surface area (Å²) in [5, 5.41) is 2.20. The van der Waals surface area contributed by atoms with Crippen LogP contribution < -0.4 is 9.30 Å². The van der Waals surface area contributed by atoms with Crippen molar-refractivity contribution >= 4 is 32.8 Å². The average molecular weight is 948 g/mol. The highest BCUT2D eigenvalue weighted by molar-refractivity contribution is 6.09. The number of imidazole rings is 1. The van der Waals surface area contributed by atoms with Crippen LogP contribution in [-0.4, -0.2) is 14.1 Å².